The number of rotatable bonds is 5. The third kappa shape index (κ3) is 3.77. The lowest BCUT2D eigenvalue weighted by Gasteiger charge is -2.03. The van der Waals surface area contributed by atoms with Gasteiger partial charge in [-0.15, -0.1) is 11.3 Å². The lowest BCUT2D eigenvalue weighted by Crippen LogP contribution is -2.17. The van der Waals surface area contributed by atoms with Crippen LogP contribution in [0.3, 0.4) is 0 Å². The summed E-state index contributed by atoms with van der Waals surface area (Å²) < 4.78 is 0. The molecule has 0 saturated carbocycles. The summed E-state index contributed by atoms with van der Waals surface area (Å²) in [4.78, 5) is 9.69. The number of aromatic nitrogens is 2. The van der Waals surface area contributed by atoms with Crippen molar-refractivity contribution in [2.24, 2.45) is 0 Å². The van der Waals surface area contributed by atoms with Gasteiger partial charge in [0.1, 0.15) is 5.82 Å². The maximum atomic E-state index is 6.00. The van der Waals surface area contributed by atoms with E-state index in [-0.39, 0.29) is 0 Å². The molecule has 0 fully saturated rings. The number of nitrogens with one attached hydrogen (secondary N) is 1. The Morgan fingerprint density at radius 2 is 2.12 bits per heavy atom. The standard InChI is InChI=1S/C12H14ClN3S/c1-9-6-15-12(16-7-9)2-4-14-8-11-10(13)3-5-17-11/h3,5-7,14H,2,4,8H2,1H3. The topological polar surface area (TPSA) is 37.8 Å². The van der Waals surface area contributed by atoms with Crippen LogP contribution >= 0.6 is 22.9 Å². The molecule has 0 spiro atoms. The molecule has 2 aromatic heterocycles. The average Bonchev–Trinajstić information content (AvgIpc) is 2.73. The molecule has 0 aromatic carbocycles. The van der Waals surface area contributed by atoms with E-state index in [2.05, 4.69) is 15.3 Å². The minimum atomic E-state index is 0.808. The van der Waals surface area contributed by atoms with Crippen LogP contribution in [0.4, 0.5) is 0 Å². The number of nitrogens with zero attached hydrogens (tertiary/aromatic N) is 2. The van der Waals surface area contributed by atoms with Crippen molar-refractivity contribution in [3.63, 3.8) is 0 Å². The van der Waals surface area contributed by atoms with E-state index in [0.717, 1.165) is 35.9 Å². The van der Waals surface area contributed by atoms with Crippen LogP contribution < -0.4 is 5.32 Å². The molecule has 0 radical (unpaired) electrons. The lowest BCUT2D eigenvalue weighted by molar-refractivity contribution is 0.675. The van der Waals surface area contributed by atoms with Crippen LogP contribution in [0.5, 0.6) is 0 Å². The van der Waals surface area contributed by atoms with Crippen molar-refractivity contribution in [1.82, 2.24) is 15.3 Å². The molecule has 0 bridgehead atoms. The Labute approximate surface area is 110 Å². The van der Waals surface area contributed by atoms with Gasteiger partial charge in [0, 0.05) is 36.8 Å². The molecule has 0 saturated heterocycles. The molecule has 0 amide bonds. The second kappa shape index (κ2) is 6.10. The second-order valence-electron chi connectivity index (χ2n) is 3.80. The van der Waals surface area contributed by atoms with Gasteiger partial charge >= 0.3 is 0 Å². The maximum Gasteiger partial charge on any atom is 0.129 e. The number of halogens is 1. The van der Waals surface area contributed by atoms with E-state index in [1.807, 2.05) is 30.8 Å². The monoisotopic (exact) mass is 267 g/mol. The molecule has 5 heteroatoms. The van der Waals surface area contributed by atoms with Crippen LogP contribution in [-0.2, 0) is 13.0 Å². The van der Waals surface area contributed by atoms with Gasteiger partial charge in [-0.1, -0.05) is 11.6 Å². The quantitative estimate of drug-likeness (QED) is 0.847. The highest BCUT2D eigenvalue weighted by atomic mass is 35.5. The fraction of sp³-hybridized carbons (Fsp3) is 0.333. The second-order valence-corrected chi connectivity index (χ2v) is 5.20. The molecule has 3 nitrogen and oxygen atoms in total. The first-order valence-corrected chi connectivity index (χ1v) is 6.71. The summed E-state index contributed by atoms with van der Waals surface area (Å²) in [5, 5.41) is 6.18. The number of hydrogen-bond acceptors (Lipinski definition) is 4. The molecule has 2 rings (SSSR count). The van der Waals surface area contributed by atoms with Gasteiger partial charge in [-0.25, -0.2) is 9.97 Å². The fourth-order valence-corrected chi connectivity index (χ4v) is 2.47. The largest absolute Gasteiger partial charge is 0.311 e. The Hall–Kier alpha value is -0.970. The van der Waals surface area contributed by atoms with Gasteiger partial charge in [-0.2, -0.15) is 0 Å². The molecule has 0 unspecified atom stereocenters. The van der Waals surface area contributed by atoms with Crippen LogP contribution in [0.2, 0.25) is 5.02 Å². The van der Waals surface area contributed by atoms with Crippen molar-refractivity contribution in [3.05, 3.63) is 45.1 Å². The van der Waals surface area contributed by atoms with E-state index in [4.69, 9.17) is 11.6 Å². The average molecular weight is 268 g/mol. The van der Waals surface area contributed by atoms with Crippen LogP contribution in [0.15, 0.2) is 23.8 Å². The molecule has 0 aliphatic heterocycles. The Bertz CT molecular complexity index is 467. The van der Waals surface area contributed by atoms with E-state index in [0.29, 0.717) is 0 Å². The molecule has 2 heterocycles. The van der Waals surface area contributed by atoms with Gasteiger partial charge in [-0.3, -0.25) is 0 Å². The molecular formula is C12H14ClN3S. The molecular weight excluding hydrogens is 254 g/mol. The Morgan fingerprint density at radius 1 is 1.35 bits per heavy atom. The van der Waals surface area contributed by atoms with Crippen molar-refractivity contribution in [3.8, 4) is 0 Å². The van der Waals surface area contributed by atoms with E-state index >= 15 is 0 Å². The van der Waals surface area contributed by atoms with E-state index in [1.54, 1.807) is 11.3 Å². The fourth-order valence-electron chi connectivity index (χ4n) is 1.40. The molecule has 90 valence electrons. The van der Waals surface area contributed by atoms with Gasteiger partial charge in [-0.05, 0) is 23.9 Å². The van der Waals surface area contributed by atoms with Crippen LogP contribution in [0, 0.1) is 6.92 Å². The summed E-state index contributed by atoms with van der Waals surface area (Å²) in [7, 11) is 0. The van der Waals surface area contributed by atoms with Crippen LogP contribution in [0.25, 0.3) is 0 Å². The Morgan fingerprint density at radius 3 is 2.76 bits per heavy atom. The highest BCUT2D eigenvalue weighted by molar-refractivity contribution is 7.10. The van der Waals surface area contributed by atoms with Gasteiger partial charge < -0.3 is 5.32 Å². The highest BCUT2D eigenvalue weighted by Gasteiger charge is 2.01. The van der Waals surface area contributed by atoms with Crippen molar-refractivity contribution >= 4 is 22.9 Å². The van der Waals surface area contributed by atoms with Crippen molar-refractivity contribution in [2.75, 3.05) is 6.54 Å². The summed E-state index contributed by atoms with van der Waals surface area (Å²) in [6.45, 7) is 3.65. The Balaban J connectivity index is 1.73. The minimum Gasteiger partial charge on any atom is -0.311 e. The highest BCUT2D eigenvalue weighted by Crippen LogP contribution is 2.21. The number of aryl methyl sites for hydroxylation is 1. The summed E-state index contributed by atoms with van der Waals surface area (Å²) in [6.07, 6.45) is 4.53. The zero-order valence-corrected chi connectivity index (χ0v) is 11.2. The van der Waals surface area contributed by atoms with E-state index < -0.39 is 0 Å². The summed E-state index contributed by atoms with van der Waals surface area (Å²) in [6, 6.07) is 1.92. The number of hydrogen-bond donors (Lipinski definition) is 1. The summed E-state index contributed by atoms with van der Waals surface area (Å²) >= 11 is 7.67. The first-order valence-electron chi connectivity index (χ1n) is 5.46. The summed E-state index contributed by atoms with van der Waals surface area (Å²) in [5.74, 6) is 0.875. The molecule has 0 atom stereocenters. The lowest BCUT2D eigenvalue weighted by atomic mass is 10.3. The van der Waals surface area contributed by atoms with Crippen molar-refractivity contribution in [2.45, 2.75) is 19.9 Å². The predicted molar refractivity (Wildman–Crippen MR) is 71.5 cm³/mol. The van der Waals surface area contributed by atoms with E-state index in [9.17, 15) is 0 Å². The van der Waals surface area contributed by atoms with Gasteiger partial charge in [0.05, 0.1) is 5.02 Å². The first kappa shape index (κ1) is 12.5. The zero-order chi connectivity index (χ0) is 12.1. The molecule has 17 heavy (non-hydrogen) atoms. The molecule has 1 N–H and O–H groups in total. The predicted octanol–water partition coefficient (Wildman–Crippen LogP) is 2.83. The molecule has 0 aliphatic rings. The maximum absolute atomic E-state index is 6.00. The Kier molecular flexibility index (Phi) is 4.48. The minimum absolute atomic E-state index is 0.808. The van der Waals surface area contributed by atoms with Crippen molar-refractivity contribution in [1.29, 1.82) is 0 Å². The normalized spacial score (nSPS) is 10.7. The third-order valence-electron chi connectivity index (χ3n) is 2.34. The summed E-state index contributed by atoms with van der Waals surface area (Å²) in [5.41, 5.74) is 1.09. The van der Waals surface area contributed by atoms with Crippen molar-refractivity contribution < 1.29 is 0 Å². The van der Waals surface area contributed by atoms with Gasteiger partial charge in [0.2, 0.25) is 0 Å². The van der Waals surface area contributed by atoms with Crippen LogP contribution in [0.1, 0.15) is 16.3 Å². The molecule has 0 aliphatic carbocycles. The molecule has 2 aromatic rings. The first-order chi connectivity index (χ1) is 8.25. The van der Waals surface area contributed by atoms with E-state index in [1.165, 1.54) is 4.88 Å². The van der Waals surface area contributed by atoms with Gasteiger partial charge in [0.15, 0.2) is 0 Å². The smallest absolute Gasteiger partial charge is 0.129 e. The van der Waals surface area contributed by atoms with Crippen LogP contribution in [-0.4, -0.2) is 16.5 Å². The SMILES string of the molecule is Cc1cnc(CCNCc2sccc2Cl)nc1. The third-order valence-corrected chi connectivity index (χ3v) is 3.72. The van der Waals surface area contributed by atoms with Gasteiger partial charge in [0.25, 0.3) is 0 Å². The zero-order valence-electron chi connectivity index (χ0n) is 9.61. The number of thiophene rings is 1.